The van der Waals surface area contributed by atoms with Gasteiger partial charge in [0.1, 0.15) is 0 Å². The van der Waals surface area contributed by atoms with Crippen LogP contribution >= 0.6 is 0 Å². The first kappa shape index (κ1) is 11.5. The highest BCUT2D eigenvalue weighted by atomic mass is 15.0. The summed E-state index contributed by atoms with van der Waals surface area (Å²) in [4.78, 5) is 8.45. The van der Waals surface area contributed by atoms with Gasteiger partial charge in [-0.25, -0.2) is 4.98 Å². The lowest BCUT2D eigenvalue weighted by molar-refractivity contribution is 1.26. The molecule has 0 amide bonds. The van der Waals surface area contributed by atoms with Gasteiger partial charge in [-0.1, -0.05) is 12.1 Å². The summed E-state index contributed by atoms with van der Waals surface area (Å²) in [6.45, 7) is 1.97. The number of aryl methyl sites for hydroxylation is 1. The molecule has 0 unspecified atom stereocenters. The molecule has 3 N–H and O–H groups in total. The van der Waals surface area contributed by atoms with E-state index in [1.807, 2.05) is 43.5 Å². The molecule has 4 heteroatoms. The zero-order valence-electron chi connectivity index (χ0n) is 10.6. The van der Waals surface area contributed by atoms with Crippen LogP contribution in [-0.4, -0.2) is 9.97 Å². The van der Waals surface area contributed by atoms with Crippen LogP contribution in [0.4, 0.5) is 17.2 Å². The molecule has 0 aliphatic rings. The molecule has 94 valence electrons. The molecule has 0 saturated heterocycles. The van der Waals surface area contributed by atoms with Crippen molar-refractivity contribution in [3.05, 3.63) is 54.5 Å². The molecule has 0 radical (unpaired) electrons. The van der Waals surface area contributed by atoms with E-state index < -0.39 is 0 Å². The van der Waals surface area contributed by atoms with Gasteiger partial charge in [0.2, 0.25) is 0 Å². The van der Waals surface area contributed by atoms with Crippen LogP contribution in [0, 0.1) is 6.92 Å². The zero-order chi connectivity index (χ0) is 13.2. The normalized spacial score (nSPS) is 10.6. The fourth-order valence-electron chi connectivity index (χ4n) is 2.06. The molecule has 19 heavy (non-hydrogen) atoms. The number of hydrogen-bond acceptors (Lipinski definition) is 4. The van der Waals surface area contributed by atoms with Crippen LogP contribution in [0.15, 0.2) is 48.9 Å². The summed E-state index contributed by atoms with van der Waals surface area (Å²) in [5.74, 6) is 0.676. The third kappa shape index (κ3) is 2.20. The van der Waals surface area contributed by atoms with Crippen LogP contribution in [-0.2, 0) is 0 Å². The second-order valence-electron chi connectivity index (χ2n) is 4.48. The number of anilines is 3. The van der Waals surface area contributed by atoms with E-state index in [1.165, 1.54) is 0 Å². The Hall–Kier alpha value is -2.62. The molecule has 0 aliphatic carbocycles. The van der Waals surface area contributed by atoms with Gasteiger partial charge >= 0.3 is 0 Å². The molecule has 0 atom stereocenters. The van der Waals surface area contributed by atoms with E-state index in [1.54, 1.807) is 12.4 Å². The van der Waals surface area contributed by atoms with Crippen molar-refractivity contribution in [1.82, 2.24) is 9.97 Å². The fourth-order valence-corrected chi connectivity index (χ4v) is 2.06. The van der Waals surface area contributed by atoms with Crippen LogP contribution in [0.1, 0.15) is 5.56 Å². The summed E-state index contributed by atoms with van der Waals surface area (Å²) in [6, 6.07) is 9.89. The highest BCUT2D eigenvalue weighted by Gasteiger charge is 2.04. The van der Waals surface area contributed by atoms with Gasteiger partial charge < -0.3 is 11.1 Å². The van der Waals surface area contributed by atoms with Crippen molar-refractivity contribution in [2.75, 3.05) is 11.1 Å². The maximum Gasteiger partial charge on any atom is 0.153 e. The molecule has 0 fully saturated rings. The number of benzene rings is 1. The molecular formula is C15H14N4. The van der Waals surface area contributed by atoms with E-state index in [2.05, 4.69) is 15.3 Å². The van der Waals surface area contributed by atoms with Gasteiger partial charge in [0.05, 0.1) is 5.69 Å². The average Bonchev–Trinajstić information content (AvgIpc) is 2.42. The third-order valence-corrected chi connectivity index (χ3v) is 2.99. The number of nitrogens with two attached hydrogens (primary N) is 1. The van der Waals surface area contributed by atoms with Crippen molar-refractivity contribution >= 4 is 28.0 Å². The molecule has 0 aliphatic heterocycles. The summed E-state index contributed by atoms with van der Waals surface area (Å²) in [6.07, 6.45) is 5.41. The van der Waals surface area contributed by atoms with E-state index in [-0.39, 0.29) is 0 Å². The van der Waals surface area contributed by atoms with Gasteiger partial charge in [-0.05, 0) is 30.7 Å². The van der Waals surface area contributed by atoms with Gasteiger partial charge in [0.15, 0.2) is 5.82 Å². The summed E-state index contributed by atoms with van der Waals surface area (Å²) in [5, 5.41) is 5.46. The summed E-state index contributed by atoms with van der Waals surface area (Å²) in [5.41, 5.74) is 8.64. The third-order valence-electron chi connectivity index (χ3n) is 2.99. The Bertz CT molecular complexity index is 732. The van der Waals surface area contributed by atoms with Gasteiger partial charge in [-0.3, -0.25) is 4.98 Å². The topological polar surface area (TPSA) is 63.8 Å². The van der Waals surface area contributed by atoms with Crippen molar-refractivity contribution in [3.63, 3.8) is 0 Å². The molecule has 2 aromatic heterocycles. The maximum absolute atomic E-state index is 5.98. The van der Waals surface area contributed by atoms with Crippen LogP contribution in [0.3, 0.4) is 0 Å². The Morgan fingerprint density at radius 2 is 2.05 bits per heavy atom. The molecule has 1 aromatic carbocycles. The maximum atomic E-state index is 5.98. The second-order valence-corrected chi connectivity index (χ2v) is 4.48. The van der Waals surface area contributed by atoms with Crippen molar-refractivity contribution < 1.29 is 0 Å². The predicted molar refractivity (Wildman–Crippen MR) is 78.4 cm³/mol. The number of aromatic nitrogens is 2. The van der Waals surface area contributed by atoms with Crippen LogP contribution < -0.4 is 11.1 Å². The first-order chi connectivity index (χ1) is 9.24. The minimum Gasteiger partial charge on any atom is -0.396 e. The zero-order valence-corrected chi connectivity index (χ0v) is 10.6. The molecule has 3 rings (SSSR count). The van der Waals surface area contributed by atoms with E-state index in [0.717, 1.165) is 22.0 Å². The van der Waals surface area contributed by atoms with E-state index in [0.29, 0.717) is 11.5 Å². The molecule has 2 heterocycles. The molecule has 0 spiro atoms. The van der Waals surface area contributed by atoms with Gasteiger partial charge in [0, 0.05) is 35.1 Å². The Morgan fingerprint density at radius 1 is 1.16 bits per heavy atom. The Balaban J connectivity index is 2.06. The van der Waals surface area contributed by atoms with E-state index in [9.17, 15) is 0 Å². The highest BCUT2D eigenvalue weighted by molar-refractivity contribution is 5.95. The SMILES string of the molecule is Cc1cnc(Nc2cccc3cnccc23)c(N)c1. The predicted octanol–water partition coefficient (Wildman–Crippen LogP) is 3.26. The fraction of sp³-hybridized carbons (Fsp3) is 0.0667. The minimum absolute atomic E-state index is 0.644. The number of fused-ring (bicyclic) bond motifs is 1. The number of nitrogens with zero attached hydrogens (tertiary/aromatic N) is 2. The summed E-state index contributed by atoms with van der Waals surface area (Å²) >= 11 is 0. The Labute approximate surface area is 111 Å². The van der Waals surface area contributed by atoms with E-state index >= 15 is 0 Å². The molecule has 4 nitrogen and oxygen atoms in total. The van der Waals surface area contributed by atoms with Crippen LogP contribution in [0.5, 0.6) is 0 Å². The lowest BCUT2D eigenvalue weighted by Gasteiger charge is -2.11. The Morgan fingerprint density at radius 3 is 2.89 bits per heavy atom. The number of rotatable bonds is 2. The van der Waals surface area contributed by atoms with Gasteiger partial charge in [-0.2, -0.15) is 0 Å². The average molecular weight is 250 g/mol. The minimum atomic E-state index is 0.644. The van der Waals surface area contributed by atoms with Crippen LogP contribution in [0.25, 0.3) is 10.8 Å². The van der Waals surface area contributed by atoms with Gasteiger partial charge in [0.25, 0.3) is 0 Å². The summed E-state index contributed by atoms with van der Waals surface area (Å²) in [7, 11) is 0. The van der Waals surface area contributed by atoms with Crippen molar-refractivity contribution in [2.24, 2.45) is 0 Å². The largest absolute Gasteiger partial charge is 0.396 e. The molecule has 0 bridgehead atoms. The quantitative estimate of drug-likeness (QED) is 0.732. The van der Waals surface area contributed by atoms with E-state index in [4.69, 9.17) is 5.73 Å². The van der Waals surface area contributed by atoms with Crippen molar-refractivity contribution in [1.29, 1.82) is 0 Å². The molecule has 3 aromatic rings. The lowest BCUT2D eigenvalue weighted by atomic mass is 10.1. The standard InChI is InChI=1S/C15H14N4/c1-10-7-13(16)15(18-8-10)19-14-4-2-3-11-9-17-6-5-12(11)14/h2-9H,16H2,1H3,(H,18,19). The monoisotopic (exact) mass is 250 g/mol. The number of nitrogens with one attached hydrogen (secondary N) is 1. The number of pyridine rings is 2. The van der Waals surface area contributed by atoms with Crippen molar-refractivity contribution in [3.8, 4) is 0 Å². The second kappa shape index (κ2) is 4.57. The first-order valence-corrected chi connectivity index (χ1v) is 6.06. The number of hydrogen-bond donors (Lipinski definition) is 2. The smallest absolute Gasteiger partial charge is 0.153 e. The van der Waals surface area contributed by atoms with Crippen LogP contribution in [0.2, 0.25) is 0 Å². The highest BCUT2D eigenvalue weighted by Crippen LogP contribution is 2.27. The molecule has 0 saturated carbocycles. The summed E-state index contributed by atoms with van der Waals surface area (Å²) < 4.78 is 0. The van der Waals surface area contributed by atoms with Gasteiger partial charge in [-0.15, -0.1) is 0 Å². The Kier molecular flexibility index (Phi) is 2.76. The molecular weight excluding hydrogens is 236 g/mol. The lowest BCUT2D eigenvalue weighted by Crippen LogP contribution is -2.00. The first-order valence-electron chi connectivity index (χ1n) is 6.06. The van der Waals surface area contributed by atoms with Crippen molar-refractivity contribution in [2.45, 2.75) is 6.92 Å². The number of nitrogen functional groups attached to an aromatic ring is 1.